The van der Waals surface area contributed by atoms with Gasteiger partial charge < -0.3 is 14.4 Å². The standard InChI is InChI=1S/C13H14N2O5/c1-14(2)7-6-8-10(15(17)18)5-4-9-11(8)12(16)20-13(9)19-3/h4-7,13H,1-3H3/b7-6+. The highest BCUT2D eigenvalue weighted by Crippen LogP contribution is 2.37. The van der Waals surface area contributed by atoms with Crippen LogP contribution in [0, 0.1) is 10.1 Å². The Kier molecular flexibility index (Phi) is 3.71. The van der Waals surface area contributed by atoms with Crippen molar-refractivity contribution in [2.75, 3.05) is 21.2 Å². The second-order valence-electron chi connectivity index (χ2n) is 4.47. The molecule has 1 aromatic carbocycles. The molecule has 0 N–H and O–H groups in total. The van der Waals surface area contributed by atoms with Crippen molar-refractivity contribution in [1.29, 1.82) is 0 Å². The van der Waals surface area contributed by atoms with E-state index in [0.29, 0.717) is 5.56 Å². The predicted molar refractivity (Wildman–Crippen MR) is 71.0 cm³/mol. The van der Waals surface area contributed by atoms with Gasteiger partial charge in [0.15, 0.2) is 0 Å². The van der Waals surface area contributed by atoms with E-state index in [1.807, 2.05) is 0 Å². The van der Waals surface area contributed by atoms with Crippen LogP contribution in [0.4, 0.5) is 5.69 Å². The van der Waals surface area contributed by atoms with E-state index in [-0.39, 0.29) is 16.8 Å². The Hall–Kier alpha value is -2.41. The van der Waals surface area contributed by atoms with Crippen LogP contribution < -0.4 is 0 Å². The first-order chi connectivity index (χ1) is 9.45. The number of carbonyl (C=O) groups excluding carboxylic acids is 1. The van der Waals surface area contributed by atoms with Gasteiger partial charge in [-0.15, -0.1) is 0 Å². The van der Waals surface area contributed by atoms with Crippen LogP contribution in [-0.2, 0) is 9.47 Å². The maximum Gasteiger partial charge on any atom is 0.342 e. The summed E-state index contributed by atoms with van der Waals surface area (Å²) in [5, 5.41) is 11.1. The van der Waals surface area contributed by atoms with E-state index in [2.05, 4.69) is 0 Å². The van der Waals surface area contributed by atoms with E-state index in [9.17, 15) is 14.9 Å². The van der Waals surface area contributed by atoms with Crippen LogP contribution >= 0.6 is 0 Å². The van der Waals surface area contributed by atoms with Crippen LogP contribution in [0.5, 0.6) is 0 Å². The third kappa shape index (κ3) is 2.35. The van der Waals surface area contributed by atoms with Crippen molar-refractivity contribution in [2.24, 2.45) is 0 Å². The number of benzene rings is 1. The minimum atomic E-state index is -0.815. The summed E-state index contributed by atoms with van der Waals surface area (Å²) in [6, 6.07) is 2.84. The Balaban J connectivity index is 2.64. The van der Waals surface area contributed by atoms with Crippen molar-refractivity contribution < 1.29 is 19.2 Å². The average molecular weight is 278 g/mol. The molecule has 7 heteroatoms. The predicted octanol–water partition coefficient (Wildman–Crippen LogP) is 1.94. The molecule has 0 fully saturated rings. The molecule has 0 saturated carbocycles. The van der Waals surface area contributed by atoms with Gasteiger partial charge in [0.05, 0.1) is 16.1 Å². The van der Waals surface area contributed by atoms with Gasteiger partial charge in [-0.05, 0) is 18.3 Å². The molecule has 1 unspecified atom stereocenters. The maximum atomic E-state index is 11.9. The van der Waals surface area contributed by atoms with Crippen molar-refractivity contribution in [3.8, 4) is 0 Å². The molecule has 1 aliphatic heterocycles. The number of hydrogen-bond donors (Lipinski definition) is 0. The molecule has 1 aromatic rings. The van der Waals surface area contributed by atoms with Crippen molar-refractivity contribution in [3.05, 3.63) is 45.1 Å². The lowest BCUT2D eigenvalue weighted by molar-refractivity contribution is -0.385. The van der Waals surface area contributed by atoms with Crippen molar-refractivity contribution in [2.45, 2.75) is 6.29 Å². The molecule has 0 radical (unpaired) electrons. The number of nitro benzene ring substituents is 1. The minimum Gasteiger partial charge on any atom is -0.428 e. The molecule has 0 amide bonds. The fourth-order valence-corrected chi connectivity index (χ4v) is 2.00. The summed E-state index contributed by atoms with van der Waals surface area (Å²) >= 11 is 0. The third-order valence-electron chi connectivity index (χ3n) is 2.88. The van der Waals surface area contributed by atoms with Crippen LogP contribution in [0.2, 0.25) is 0 Å². The van der Waals surface area contributed by atoms with Gasteiger partial charge in [-0.2, -0.15) is 0 Å². The van der Waals surface area contributed by atoms with Crippen LogP contribution in [0.3, 0.4) is 0 Å². The number of hydrogen-bond acceptors (Lipinski definition) is 6. The molecule has 1 aliphatic rings. The van der Waals surface area contributed by atoms with Gasteiger partial charge in [0.2, 0.25) is 6.29 Å². The van der Waals surface area contributed by atoms with Crippen molar-refractivity contribution in [3.63, 3.8) is 0 Å². The van der Waals surface area contributed by atoms with E-state index in [1.165, 1.54) is 25.3 Å². The Labute approximate surface area is 115 Å². The smallest absolute Gasteiger partial charge is 0.342 e. The second kappa shape index (κ2) is 5.30. The van der Waals surface area contributed by atoms with Gasteiger partial charge in [-0.3, -0.25) is 10.1 Å². The molecule has 1 atom stereocenters. The van der Waals surface area contributed by atoms with Gasteiger partial charge >= 0.3 is 5.97 Å². The zero-order valence-corrected chi connectivity index (χ0v) is 11.3. The first-order valence-electron chi connectivity index (χ1n) is 5.85. The Morgan fingerprint density at radius 2 is 2.15 bits per heavy atom. The molecule has 20 heavy (non-hydrogen) atoms. The summed E-state index contributed by atoms with van der Waals surface area (Å²) < 4.78 is 10.1. The van der Waals surface area contributed by atoms with E-state index in [0.717, 1.165) is 0 Å². The highest BCUT2D eigenvalue weighted by Gasteiger charge is 2.36. The Morgan fingerprint density at radius 1 is 1.45 bits per heavy atom. The molecular formula is C13H14N2O5. The van der Waals surface area contributed by atoms with E-state index in [1.54, 1.807) is 25.2 Å². The Bertz CT molecular complexity index is 595. The van der Waals surface area contributed by atoms with Gasteiger partial charge in [-0.1, -0.05) is 0 Å². The number of cyclic esters (lactones) is 1. The number of rotatable bonds is 4. The van der Waals surface area contributed by atoms with Gasteiger partial charge in [0.25, 0.3) is 5.69 Å². The molecular weight excluding hydrogens is 264 g/mol. The topological polar surface area (TPSA) is 81.9 Å². The molecule has 2 rings (SSSR count). The normalized spacial score (nSPS) is 17.1. The number of methoxy groups -OCH3 is 1. The number of fused-ring (bicyclic) bond motifs is 1. The number of ether oxygens (including phenoxy) is 2. The second-order valence-corrected chi connectivity index (χ2v) is 4.47. The highest BCUT2D eigenvalue weighted by atomic mass is 16.7. The van der Waals surface area contributed by atoms with E-state index >= 15 is 0 Å². The zero-order valence-electron chi connectivity index (χ0n) is 11.3. The van der Waals surface area contributed by atoms with Crippen molar-refractivity contribution in [1.82, 2.24) is 4.90 Å². The molecule has 0 aliphatic carbocycles. The monoisotopic (exact) mass is 278 g/mol. The fraction of sp³-hybridized carbons (Fsp3) is 0.308. The summed E-state index contributed by atoms with van der Waals surface area (Å²) in [5.41, 5.74) is 0.770. The number of carbonyl (C=O) groups is 1. The minimum absolute atomic E-state index is 0.143. The van der Waals surface area contributed by atoms with E-state index in [4.69, 9.17) is 9.47 Å². The Morgan fingerprint density at radius 3 is 2.70 bits per heavy atom. The van der Waals surface area contributed by atoms with Crippen LogP contribution in [0.1, 0.15) is 27.8 Å². The van der Waals surface area contributed by atoms with Crippen molar-refractivity contribution >= 4 is 17.7 Å². The van der Waals surface area contributed by atoms with Crippen LogP contribution in [-0.4, -0.2) is 37.0 Å². The van der Waals surface area contributed by atoms with Crippen LogP contribution in [0.15, 0.2) is 18.3 Å². The lowest BCUT2D eigenvalue weighted by atomic mass is 10.00. The lowest BCUT2D eigenvalue weighted by Gasteiger charge is -2.08. The highest BCUT2D eigenvalue weighted by molar-refractivity contribution is 5.99. The summed E-state index contributed by atoms with van der Waals surface area (Å²) in [5.74, 6) is -0.617. The molecule has 106 valence electrons. The largest absolute Gasteiger partial charge is 0.428 e. The first kappa shape index (κ1) is 14.0. The number of nitrogens with zero attached hydrogens (tertiary/aromatic N) is 2. The first-order valence-corrected chi connectivity index (χ1v) is 5.85. The summed E-state index contributed by atoms with van der Waals surface area (Å²) in [6.45, 7) is 0. The molecule has 0 bridgehead atoms. The quantitative estimate of drug-likeness (QED) is 0.475. The SMILES string of the molecule is COC1OC(=O)c2c1ccc([N+](=O)[O-])c2/C=C/N(C)C. The zero-order chi connectivity index (χ0) is 14.9. The van der Waals surface area contributed by atoms with Gasteiger partial charge in [-0.25, -0.2) is 4.79 Å². The third-order valence-corrected chi connectivity index (χ3v) is 2.88. The van der Waals surface area contributed by atoms with Gasteiger partial charge in [0.1, 0.15) is 0 Å². The molecule has 0 spiro atoms. The summed E-state index contributed by atoms with van der Waals surface area (Å²) in [4.78, 5) is 24.2. The fourth-order valence-electron chi connectivity index (χ4n) is 2.00. The summed E-state index contributed by atoms with van der Waals surface area (Å²) in [6.07, 6.45) is 2.34. The number of esters is 1. The molecule has 1 heterocycles. The maximum absolute atomic E-state index is 11.9. The molecule has 7 nitrogen and oxygen atoms in total. The number of nitro groups is 1. The average Bonchev–Trinajstić information content (AvgIpc) is 2.72. The lowest BCUT2D eigenvalue weighted by Crippen LogP contribution is -2.04. The molecule has 0 aromatic heterocycles. The summed E-state index contributed by atoms with van der Waals surface area (Å²) in [7, 11) is 4.97. The van der Waals surface area contributed by atoms with Crippen LogP contribution in [0.25, 0.3) is 6.08 Å². The molecule has 0 saturated heterocycles. The van der Waals surface area contributed by atoms with E-state index < -0.39 is 17.2 Å². The van der Waals surface area contributed by atoms with Gasteiger partial charge in [0, 0.05) is 32.8 Å².